The predicted octanol–water partition coefficient (Wildman–Crippen LogP) is 3.46. The molecule has 0 aliphatic heterocycles. The topological polar surface area (TPSA) is 61.7 Å². The van der Waals surface area contributed by atoms with Gasteiger partial charge in [0.1, 0.15) is 5.75 Å². The molecule has 0 spiro atoms. The monoisotopic (exact) mass is 308 g/mol. The summed E-state index contributed by atoms with van der Waals surface area (Å²) in [5, 5.41) is 14.0. The molecule has 20 heavy (non-hydrogen) atoms. The highest BCUT2D eigenvalue weighted by Crippen LogP contribution is 2.28. The maximum Gasteiger partial charge on any atom is 0.271 e. The zero-order valence-electron chi connectivity index (χ0n) is 10.2. The number of hydrogen-bond acceptors (Lipinski definition) is 3. The van der Waals surface area contributed by atoms with Crippen LogP contribution in [0.2, 0.25) is 10.0 Å². The Morgan fingerprint density at radius 2 is 1.90 bits per heavy atom. The van der Waals surface area contributed by atoms with Crippen LogP contribution < -0.4 is 5.43 Å². The molecule has 0 aliphatic carbocycles. The third kappa shape index (κ3) is 3.50. The van der Waals surface area contributed by atoms with Gasteiger partial charge in [-0.15, -0.1) is 0 Å². The van der Waals surface area contributed by atoms with Crippen LogP contribution in [0.4, 0.5) is 0 Å². The molecule has 0 saturated carbocycles. The molecule has 2 rings (SSSR count). The van der Waals surface area contributed by atoms with E-state index < -0.39 is 0 Å². The normalized spacial score (nSPS) is 10.7. The number of benzene rings is 2. The van der Waals surface area contributed by atoms with Crippen LogP contribution in [-0.4, -0.2) is 17.2 Å². The molecular formula is C14H10Cl2N2O2. The number of carbonyl (C=O) groups excluding carboxylic acids is 1. The number of halogens is 2. The molecule has 0 unspecified atom stereocenters. The predicted molar refractivity (Wildman–Crippen MR) is 79.6 cm³/mol. The van der Waals surface area contributed by atoms with Gasteiger partial charge in [-0.1, -0.05) is 41.4 Å². The lowest BCUT2D eigenvalue weighted by molar-refractivity contribution is 0.0955. The zero-order valence-corrected chi connectivity index (χ0v) is 11.7. The molecular weight excluding hydrogens is 299 g/mol. The highest BCUT2D eigenvalue weighted by atomic mass is 35.5. The van der Waals surface area contributed by atoms with E-state index in [0.29, 0.717) is 10.6 Å². The lowest BCUT2D eigenvalue weighted by Gasteiger charge is -2.03. The Morgan fingerprint density at radius 1 is 1.20 bits per heavy atom. The second-order valence-corrected chi connectivity index (χ2v) is 4.73. The number of amides is 1. The Morgan fingerprint density at radius 3 is 2.55 bits per heavy atom. The van der Waals surface area contributed by atoms with Crippen molar-refractivity contribution in [2.75, 3.05) is 0 Å². The van der Waals surface area contributed by atoms with E-state index in [9.17, 15) is 9.90 Å². The first kappa shape index (κ1) is 14.4. The number of aromatic hydroxyl groups is 1. The molecule has 6 heteroatoms. The Kier molecular flexibility index (Phi) is 4.61. The van der Waals surface area contributed by atoms with Gasteiger partial charge < -0.3 is 5.11 Å². The van der Waals surface area contributed by atoms with Crippen molar-refractivity contribution in [1.82, 2.24) is 5.43 Å². The van der Waals surface area contributed by atoms with Crippen molar-refractivity contribution in [3.63, 3.8) is 0 Å². The molecule has 0 saturated heterocycles. The largest absolute Gasteiger partial charge is 0.507 e. The van der Waals surface area contributed by atoms with Gasteiger partial charge in [-0.3, -0.25) is 4.79 Å². The van der Waals surface area contributed by atoms with Crippen LogP contribution in [0.5, 0.6) is 5.75 Å². The number of rotatable bonds is 3. The Labute approximate surface area is 125 Å². The number of nitrogens with zero attached hydrogens (tertiary/aromatic N) is 1. The van der Waals surface area contributed by atoms with Gasteiger partial charge in [0.15, 0.2) is 0 Å². The number of carbonyl (C=O) groups is 1. The molecule has 2 aromatic rings. The number of phenolic OH excluding ortho intramolecular Hbond substituents is 1. The van der Waals surface area contributed by atoms with Crippen LogP contribution in [0, 0.1) is 0 Å². The molecule has 0 heterocycles. The molecule has 2 aromatic carbocycles. The third-order valence-corrected chi connectivity index (χ3v) is 3.00. The van der Waals surface area contributed by atoms with Gasteiger partial charge in [-0.2, -0.15) is 5.10 Å². The fraction of sp³-hybridized carbons (Fsp3) is 0. The molecule has 2 N–H and O–H groups in total. The average Bonchev–Trinajstić information content (AvgIpc) is 2.42. The fourth-order valence-electron chi connectivity index (χ4n) is 1.51. The van der Waals surface area contributed by atoms with E-state index in [0.717, 1.165) is 0 Å². The highest BCUT2D eigenvalue weighted by molar-refractivity contribution is 6.36. The van der Waals surface area contributed by atoms with E-state index in [1.807, 2.05) is 6.07 Å². The summed E-state index contributed by atoms with van der Waals surface area (Å²) in [6.07, 6.45) is 1.26. The van der Waals surface area contributed by atoms with Crippen LogP contribution >= 0.6 is 23.2 Å². The van der Waals surface area contributed by atoms with E-state index in [1.54, 1.807) is 24.3 Å². The summed E-state index contributed by atoms with van der Waals surface area (Å²) >= 11 is 11.6. The first-order valence-corrected chi connectivity index (χ1v) is 6.40. The summed E-state index contributed by atoms with van der Waals surface area (Å²) in [5.74, 6) is -0.466. The van der Waals surface area contributed by atoms with Crippen molar-refractivity contribution in [2.24, 2.45) is 5.10 Å². The summed E-state index contributed by atoms with van der Waals surface area (Å²) in [5.41, 5.74) is 3.11. The van der Waals surface area contributed by atoms with Crippen LogP contribution in [0.15, 0.2) is 47.6 Å². The summed E-state index contributed by atoms with van der Waals surface area (Å²) in [4.78, 5) is 11.7. The molecule has 0 bridgehead atoms. The lowest BCUT2D eigenvalue weighted by Crippen LogP contribution is -2.17. The molecule has 0 aliphatic rings. The van der Waals surface area contributed by atoms with Gasteiger partial charge in [-0.25, -0.2) is 5.43 Å². The van der Waals surface area contributed by atoms with Crippen molar-refractivity contribution in [3.8, 4) is 5.75 Å². The number of hydrogen-bond donors (Lipinski definition) is 2. The average molecular weight is 309 g/mol. The quantitative estimate of drug-likeness (QED) is 0.674. The van der Waals surface area contributed by atoms with Crippen LogP contribution in [-0.2, 0) is 0 Å². The Hall–Kier alpha value is -2.04. The smallest absolute Gasteiger partial charge is 0.271 e. The van der Waals surface area contributed by atoms with Crippen molar-refractivity contribution in [1.29, 1.82) is 0 Å². The fourth-order valence-corrected chi connectivity index (χ4v) is 2.04. The summed E-state index contributed by atoms with van der Waals surface area (Å²) < 4.78 is 0. The van der Waals surface area contributed by atoms with Gasteiger partial charge in [0.25, 0.3) is 5.91 Å². The van der Waals surface area contributed by atoms with Crippen molar-refractivity contribution in [2.45, 2.75) is 0 Å². The minimum Gasteiger partial charge on any atom is -0.507 e. The second-order valence-electron chi connectivity index (χ2n) is 3.89. The molecule has 0 fully saturated rings. The summed E-state index contributed by atoms with van der Waals surface area (Å²) in [6.45, 7) is 0. The van der Waals surface area contributed by atoms with E-state index in [1.165, 1.54) is 18.3 Å². The molecule has 0 atom stereocenters. The Bertz CT molecular complexity index is 634. The second kappa shape index (κ2) is 6.41. The maximum atomic E-state index is 11.7. The number of nitrogens with one attached hydrogen (secondary N) is 1. The zero-order chi connectivity index (χ0) is 14.5. The van der Waals surface area contributed by atoms with E-state index >= 15 is 0 Å². The van der Waals surface area contributed by atoms with Crippen LogP contribution in [0.1, 0.15) is 15.9 Å². The van der Waals surface area contributed by atoms with E-state index in [2.05, 4.69) is 10.5 Å². The van der Waals surface area contributed by atoms with Crippen LogP contribution in [0.3, 0.4) is 0 Å². The van der Waals surface area contributed by atoms with E-state index in [4.69, 9.17) is 23.2 Å². The molecule has 1 amide bonds. The summed E-state index contributed by atoms with van der Waals surface area (Å²) in [6, 6.07) is 11.5. The Balaban J connectivity index is 2.10. The van der Waals surface area contributed by atoms with Gasteiger partial charge in [-0.05, 0) is 24.3 Å². The van der Waals surface area contributed by atoms with E-state index in [-0.39, 0.29) is 22.2 Å². The summed E-state index contributed by atoms with van der Waals surface area (Å²) in [7, 11) is 0. The molecule has 0 radical (unpaired) electrons. The molecule has 0 aromatic heterocycles. The standard InChI is InChI=1S/C14H10Cl2N2O2/c15-10-6-12(16)11(13(19)7-10)8-17-18-14(20)9-4-2-1-3-5-9/h1-8,19H,(H,18,20)/b17-8+. The van der Waals surface area contributed by atoms with Gasteiger partial charge >= 0.3 is 0 Å². The number of hydrazone groups is 1. The van der Waals surface area contributed by atoms with Gasteiger partial charge in [0.05, 0.1) is 16.8 Å². The van der Waals surface area contributed by atoms with Crippen molar-refractivity contribution in [3.05, 3.63) is 63.6 Å². The molecule has 4 nitrogen and oxygen atoms in total. The van der Waals surface area contributed by atoms with Crippen molar-refractivity contribution >= 4 is 35.3 Å². The molecule has 102 valence electrons. The highest BCUT2D eigenvalue weighted by Gasteiger charge is 2.07. The third-order valence-electron chi connectivity index (χ3n) is 2.47. The van der Waals surface area contributed by atoms with Crippen molar-refractivity contribution < 1.29 is 9.90 Å². The SMILES string of the molecule is O=C(N/N=C/c1c(O)cc(Cl)cc1Cl)c1ccccc1. The lowest BCUT2D eigenvalue weighted by atomic mass is 10.2. The first-order valence-electron chi connectivity index (χ1n) is 5.64. The minimum atomic E-state index is -0.355. The maximum absolute atomic E-state index is 11.7. The number of phenols is 1. The van der Waals surface area contributed by atoms with Crippen LogP contribution in [0.25, 0.3) is 0 Å². The van der Waals surface area contributed by atoms with Gasteiger partial charge in [0.2, 0.25) is 0 Å². The van der Waals surface area contributed by atoms with Gasteiger partial charge in [0, 0.05) is 10.6 Å². The minimum absolute atomic E-state index is 0.111. The first-order chi connectivity index (χ1) is 9.58.